The quantitative estimate of drug-likeness (QED) is 0.615. The van der Waals surface area contributed by atoms with E-state index in [0.29, 0.717) is 25.3 Å². The van der Waals surface area contributed by atoms with Gasteiger partial charge in [-0.2, -0.15) is 0 Å². The molecule has 132 valence electrons. The van der Waals surface area contributed by atoms with Crippen LogP contribution < -0.4 is 10.0 Å². The van der Waals surface area contributed by atoms with Crippen LogP contribution in [-0.2, 0) is 14.8 Å². The number of nitrogens with one attached hydrogen (secondary N) is 2. The van der Waals surface area contributed by atoms with Crippen molar-refractivity contribution in [2.45, 2.75) is 4.90 Å². The van der Waals surface area contributed by atoms with E-state index in [4.69, 9.17) is 4.74 Å². The molecule has 1 aromatic rings. The van der Waals surface area contributed by atoms with Gasteiger partial charge in [-0.3, -0.25) is 4.79 Å². The first-order valence-electron chi connectivity index (χ1n) is 6.91. The first-order chi connectivity index (χ1) is 10.4. The van der Waals surface area contributed by atoms with Crippen LogP contribution in [0, 0.1) is 0 Å². The highest BCUT2D eigenvalue weighted by Gasteiger charge is 2.15. The van der Waals surface area contributed by atoms with Crippen molar-refractivity contribution in [2.75, 3.05) is 47.4 Å². The van der Waals surface area contributed by atoms with Crippen LogP contribution in [0.3, 0.4) is 0 Å². The summed E-state index contributed by atoms with van der Waals surface area (Å²) in [5.74, 6) is -0.147. The summed E-state index contributed by atoms with van der Waals surface area (Å²) in [4.78, 5) is 13.8. The lowest BCUT2D eigenvalue weighted by molar-refractivity contribution is 0.0796. The van der Waals surface area contributed by atoms with E-state index in [0.717, 1.165) is 0 Å². The molecule has 9 heteroatoms. The second kappa shape index (κ2) is 10.6. The molecule has 0 saturated heterocycles. The van der Waals surface area contributed by atoms with Gasteiger partial charge in [-0.25, -0.2) is 13.1 Å². The Balaban J connectivity index is 0.00000484. The molecule has 0 spiro atoms. The Labute approximate surface area is 143 Å². The van der Waals surface area contributed by atoms with Gasteiger partial charge < -0.3 is 15.0 Å². The van der Waals surface area contributed by atoms with Gasteiger partial charge >= 0.3 is 0 Å². The Kier molecular flexibility index (Phi) is 10.0. The molecule has 0 aromatic heterocycles. The number of amides is 1. The zero-order valence-electron chi connectivity index (χ0n) is 13.5. The molecule has 0 bridgehead atoms. The van der Waals surface area contributed by atoms with Crippen molar-refractivity contribution in [1.82, 2.24) is 14.9 Å². The summed E-state index contributed by atoms with van der Waals surface area (Å²) in [6.07, 6.45) is 0. The van der Waals surface area contributed by atoms with E-state index in [1.807, 2.05) is 7.05 Å². The number of carbonyl (C=O) groups is 1. The Morgan fingerprint density at radius 2 is 1.83 bits per heavy atom. The van der Waals surface area contributed by atoms with E-state index in [9.17, 15) is 13.2 Å². The number of likely N-dealkylation sites (N-methyl/N-ethyl adjacent to an activating group) is 2. The molecule has 0 fully saturated rings. The second-order valence-corrected chi connectivity index (χ2v) is 6.51. The van der Waals surface area contributed by atoms with Crippen molar-refractivity contribution in [2.24, 2.45) is 0 Å². The molecule has 0 aliphatic carbocycles. The molecule has 0 heterocycles. The van der Waals surface area contributed by atoms with Gasteiger partial charge in [-0.15, -0.1) is 12.4 Å². The maximum absolute atomic E-state index is 12.1. The smallest absolute Gasteiger partial charge is 0.253 e. The van der Waals surface area contributed by atoms with Crippen LogP contribution in [0.15, 0.2) is 29.2 Å². The van der Waals surface area contributed by atoms with E-state index in [-0.39, 0.29) is 29.8 Å². The molecular weight excluding hydrogens is 342 g/mol. The summed E-state index contributed by atoms with van der Waals surface area (Å²) < 4.78 is 31.2. The van der Waals surface area contributed by atoms with Crippen LogP contribution in [0.1, 0.15) is 10.4 Å². The normalized spacial score (nSPS) is 10.9. The minimum Gasteiger partial charge on any atom is -0.383 e. The van der Waals surface area contributed by atoms with E-state index in [2.05, 4.69) is 10.0 Å². The largest absolute Gasteiger partial charge is 0.383 e. The number of hydrogen-bond acceptors (Lipinski definition) is 5. The molecule has 2 N–H and O–H groups in total. The van der Waals surface area contributed by atoms with Crippen LogP contribution in [0.25, 0.3) is 0 Å². The van der Waals surface area contributed by atoms with E-state index in [1.165, 1.54) is 31.4 Å². The summed E-state index contributed by atoms with van der Waals surface area (Å²) in [7, 11) is 1.44. The van der Waals surface area contributed by atoms with Crippen molar-refractivity contribution in [3.63, 3.8) is 0 Å². The van der Waals surface area contributed by atoms with Crippen molar-refractivity contribution in [1.29, 1.82) is 0 Å². The number of benzene rings is 1. The van der Waals surface area contributed by atoms with Crippen molar-refractivity contribution in [3.05, 3.63) is 29.8 Å². The molecule has 7 nitrogen and oxygen atoms in total. The summed E-state index contributed by atoms with van der Waals surface area (Å²) in [5.41, 5.74) is 0.453. The number of carbonyl (C=O) groups excluding carboxylic acids is 1. The zero-order chi connectivity index (χ0) is 16.6. The Bertz CT molecular complexity index is 578. The first kappa shape index (κ1) is 21.8. The number of rotatable bonds is 9. The van der Waals surface area contributed by atoms with Crippen LogP contribution in [0.2, 0.25) is 0 Å². The summed E-state index contributed by atoms with van der Waals surface area (Å²) in [5, 5.41) is 2.97. The molecule has 0 saturated carbocycles. The van der Waals surface area contributed by atoms with E-state index >= 15 is 0 Å². The zero-order valence-corrected chi connectivity index (χ0v) is 15.2. The number of nitrogens with zero attached hydrogens (tertiary/aromatic N) is 1. The van der Waals surface area contributed by atoms with Gasteiger partial charge in [0.15, 0.2) is 0 Å². The molecule has 0 aliphatic rings. The van der Waals surface area contributed by atoms with Crippen molar-refractivity contribution in [3.8, 4) is 0 Å². The maximum Gasteiger partial charge on any atom is 0.253 e. The first-order valence-corrected chi connectivity index (χ1v) is 8.39. The second-order valence-electron chi connectivity index (χ2n) is 4.75. The van der Waals surface area contributed by atoms with Crippen LogP contribution in [0.5, 0.6) is 0 Å². The maximum atomic E-state index is 12.1. The van der Waals surface area contributed by atoms with Gasteiger partial charge in [0, 0.05) is 39.4 Å². The third kappa shape index (κ3) is 6.84. The Morgan fingerprint density at radius 3 is 2.35 bits per heavy atom. The molecule has 1 rings (SSSR count). The lowest BCUT2D eigenvalue weighted by Gasteiger charge is -2.17. The third-order valence-corrected chi connectivity index (χ3v) is 4.53. The van der Waals surface area contributed by atoms with Gasteiger partial charge in [-0.05, 0) is 31.3 Å². The SMILES string of the molecule is CNCCN(C)C(=O)c1ccc(S(=O)(=O)NCCOC)cc1.Cl. The van der Waals surface area contributed by atoms with Crippen molar-refractivity contribution >= 4 is 28.3 Å². The van der Waals surface area contributed by atoms with Gasteiger partial charge in [0.2, 0.25) is 10.0 Å². The van der Waals surface area contributed by atoms with E-state index in [1.54, 1.807) is 11.9 Å². The predicted octanol–water partition coefficient (Wildman–Crippen LogP) is 0.325. The molecule has 0 radical (unpaired) electrons. The highest BCUT2D eigenvalue weighted by atomic mass is 35.5. The van der Waals surface area contributed by atoms with E-state index < -0.39 is 10.0 Å². The molecule has 23 heavy (non-hydrogen) atoms. The average Bonchev–Trinajstić information content (AvgIpc) is 2.52. The Hall–Kier alpha value is -1.19. The molecule has 0 aliphatic heterocycles. The third-order valence-electron chi connectivity index (χ3n) is 3.05. The number of sulfonamides is 1. The highest BCUT2D eigenvalue weighted by Crippen LogP contribution is 2.11. The monoisotopic (exact) mass is 365 g/mol. The minimum absolute atomic E-state index is 0. The summed E-state index contributed by atoms with van der Waals surface area (Å²) in [6, 6.07) is 5.88. The fourth-order valence-electron chi connectivity index (χ4n) is 1.74. The van der Waals surface area contributed by atoms with Crippen molar-refractivity contribution < 1.29 is 17.9 Å². The molecule has 0 unspecified atom stereocenters. The lowest BCUT2D eigenvalue weighted by Crippen LogP contribution is -2.32. The van der Waals surface area contributed by atoms with Gasteiger partial charge in [0.1, 0.15) is 0 Å². The van der Waals surface area contributed by atoms with Crippen LogP contribution in [-0.4, -0.2) is 66.7 Å². The highest BCUT2D eigenvalue weighted by molar-refractivity contribution is 7.89. The minimum atomic E-state index is -3.57. The molecule has 1 aromatic carbocycles. The topological polar surface area (TPSA) is 87.7 Å². The lowest BCUT2D eigenvalue weighted by atomic mass is 10.2. The molecule has 1 amide bonds. The van der Waals surface area contributed by atoms with Crippen LogP contribution >= 0.6 is 12.4 Å². The summed E-state index contributed by atoms with van der Waals surface area (Å²) >= 11 is 0. The fourth-order valence-corrected chi connectivity index (χ4v) is 2.75. The van der Waals surface area contributed by atoms with Gasteiger partial charge in [0.25, 0.3) is 5.91 Å². The standard InChI is InChI=1S/C14H23N3O4S.ClH/c1-15-8-10-17(2)14(18)12-4-6-13(7-5-12)22(19,20)16-9-11-21-3;/h4-7,15-16H,8-11H2,1-3H3;1H. The van der Waals surface area contributed by atoms with Gasteiger partial charge in [-0.1, -0.05) is 0 Å². The number of ether oxygens (including phenoxy) is 1. The number of methoxy groups -OCH3 is 1. The number of halogens is 1. The molecular formula is C14H24ClN3O4S. The summed E-state index contributed by atoms with van der Waals surface area (Å²) in [6.45, 7) is 1.77. The number of hydrogen-bond donors (Lipinski definition) is 2. The van der Waals surface area contributed by atoms with Gasteiger partial charge in [0.05, 0.1) is 11.5 Å². The fraction of sp³-hybridized carbons (Fsp3) is 0.500. The Morgan fingerprint density at radius 1 is 1.22 bits per heavy atom. The predicted molar refractivity (Wildman–Crippen MR) is 91.6 cm³/mol. The average molecular weight is 366 g/mol. The molecule has 0 atom stereocenters. The van der Waals surface area contributed by atoms with Crippen LogP contribution in [0.4, 0.5) is 0 Å².